The van der Waals surface area contributed by atoms with Crippen LogP contribution in [0.2, 0.25) is 0 Å². The van der Waals surface area contributed by atoms with E-state index in [2.05, 4.69) is 0 Å². The first kappa shape index (κ1) is 23.5. The smallest absolute Gasteiger partial charge is 0.239 e. The van der Waals surface area contributed by atoms with E-state index in [-0.39, 0.29) is 46.1 Å². The van der Waals surface area contributed by atoms with Crippen molar-refractivity contribution in [2.75, 3.05) is 7.11 Å². The summed E-state index contributed by atoms with van der Waals surface area (Å²) in [5.74, 6) is -0.664. The molecule has 2 heterocycles. The molecule has 0 aliphatic carbocycles. The number of hydrogen-bond acceptors (Lipinski definition) is 8. The molecule has 0 fully saturated rings. The first-order chi connectivity index (χ1) is 15.9. The second kappa shape index (κ2) is 8.29. The van der Waals surface area contributed by atoms with Gasteiger partial charge < -0.3 is 34.3 Å². The van der Waals surface area contributed by atoms with Crippen molar-refractivity contribution >= 4 is 11.0 Å². The number of aliphatic hydroxyl groups is 1. The molecule has 0 bridgehead atoms. The van der Waals surface area contributed by atoms with E-state index in [1.165, 1.54) is 13.2 Å². The van der Waals surface area contributed by atoms with Crippen LogP contribution in [0.5, 0.6) is 28.7 Å². The minimum atomic E-state index is -1.13. The molecule has 0 saturated heterocycles. The zero-order valence-corrected chi connectivity index (χ0v) is 19.7. The molecule has 0 radical (unpaired) electrons. The van der Waals surface area contributed by atoms with Crippen LogP contribution in [0.15, 0.2) is 39.1 Å². The van der Waals surface area contributed by atoms with Crippen molar-refractivity contribution in [3.8, 4) is 40.1 Å². The lowest BCUT2D eigenvalue weighted by atomic mass is 9.96. The predicted octanol–water partition coefficient (Wildman–Crippen LogP) is 4.17. The second-order valence-electron chi connectivity index (χ2n) is 9.32. The van der Waals surface area contributed by atoms with Crippen molar-refractivity contribution in [1.29, 1.82) is 0 Å². The van der Waals surface area contributed by atoms with Gasteiger partial charge >= 0.3 is 0 Å². The molecule has 34 heavy (non-hydrogen) atoms. The minimum Gasteiger partial charge on any atom is -0.507 e. The van der Waals surface area contributed by atoms with Gasteiger partial charge in [-0.25, -0.2) is 0 Å². The first-order valence-corrected chi connectivity index (χ1v) is 10.9. The topological polar surface area (TPSA) is 130 Å². The molecule has 1 atom stereocenters. The predicted molar refractivity (Wildman–Crippen MR) is 127 cm³/mol. The Bertz CT molecular complexity index is 1370. The van der Waals surface area contributed by atoms with Crippen LogP contribution < -0.4 is 14.9 Å². The van der Waals surface area contributed by atoms with Gasteiger partial charge in [0, 0.05) is 29.2 Å². The Kier molecular flexibility index (Phi) is 5.73. The molecule has 0 saturated carbocycles. The van der Waals surface area contributed by atoms with Gasteiger partial charge in [0.15, 0.2) is 17.3 Å². The quantitative estimate of drug-likeness (QED) is 0.411. The molecule has 2 aromatic carbocycles. The molecule has 8 nitrogen and oxygen atoms in total. The van der Waals surface area contributed by atoms with Crippen molar-refractivity contribution in [1.82, 2.24) is 0 Å². The van der Waals surface area contributed by atoms with Crippen LogP contribution in [0.4, 0.5) is 0 Å². The van der Waals surface area contributed by atoms with E-state index in [9.17, 15) is 25.2 Å². The fourth-order valence-electron chi connectivity index (χ4n) is 4.12. The SMILES string of the molecule is COc1c(-c2cc(O)c3c(c2)CC(C(C)(C)O)O3)oc2c(CC=C(C)C)c(O)cc(O)c2c1=O. The number of ether oxygens (including phenoxy) is 2. The van der Waals surface area contributed by atoms with Crippen molar-refractivity contribution in [3.05, 3.63) is 51.2 Å². The summed E-state index contributed by atoms with van der Waals surface area (Å²) in [5.41, 5.74) is 0.612. The van der Waals surface area contributed by atoms with E-state index in [4.69, 9.17) is 13.9 Å². The Balaban J connectivity index is 1.97. The number of phenolic OH excluding ortho intramolecular Hbond substituents is 3. The van der Waals surface area contributed by atoms with E-state index < -0.39 is 22.9 Å². The summed E-state index contributed by atoms with van der Waals surface area (Å²) in [5, 5.41) is 41.8. The number of phenols is 3. The van der Waals surface area contributed by atoms with Gasteiger partial charge in [0.2, 0.25) is 11.2 Å². The number of benzene rings is 2. The molecule has 1 unspecified atom stereocenters. The summed E-state index contributed by atoms with van der Waals surface area (Å²) in [4.78, 5) is 13.3. The van der Waals surface area contributed by atoms with Crippen LogP contribution in [-0.2, 0) is 12.8 Å². The molecule has 8 heteroatoms. The van der Waals surface area contributed by atoms with Crippen molar-refractivity contribution in [2.45, 2.75) is 52.2 Å². The Labute approximate surface area is 196 Å². The average molecular weight is 469 g/mol. The highest BCUT2D eigenvalue weighted by atomic mass is 16.5. The van der Waals surface area contributed by atoms with Gasteiger partial charge in [0.1, 0.15) is 28.6 Å². The zero-order chi connectivity index (χ0) is 24.9. The Hall–Kier alpha value is -3.65. The van der Waals surface area contributed by atoms with E-state index in [0.29, 0.717) is 23.1 Å². The van der Waals surface area contributed by atoms with Gasteiger partial charge in [0.25, 0.3) is 0 Å². The van der Waals surface area contributed by atoms with Crippen LogP contribution in [0.3, 0.4) is 0 Å². The maximum atomic E-state index is 13.3. The largest absolute Gasteiger partial charge is 0.507 e. The van der Waals surface area contributed by atoms with E-state index >= 15 is 0 Å². The monoisotopic (exact) mass is 468 g/mol. The highest BCUT2D eigenvalue weighted by molar-refractivity contribution is 5.91. The summed E-state index contributed by atoms with van der Waals surface area (Å²) in [6.07, 6.45) is 1.92. The first-order valence-electron chi connectivity index (χ1n) is 10.9. The third-order valence-corrected chi connectivity index (χ3v) is 5.96. The molecular formula is C26H28O8. The Morgan fingerprint density at radius 3 is 2.47 bits per heavy atom. The van der Waals surface area contributed by atoms with Gasteiger partial charge in [-0.15, -0.1) is 0 Å². The van der Waals surface area contributed by atoms with Crippen LogP contribution in [0.1, 0.15) is 38.8 Å². The lowest BCUT2D eigenvalue weighted by Crippen LogP contribution is -2.39. The van der Waals surface area contributed by atoms with Crippen LogP contribution in [0.25, 0.3) is 22.3 Å². The van der Waals surface area contributed by atoms with Crippen LogP contribution >= 0.6 is 0 Å². The van der Waals surface area contributed by atoms with Gasteiger partial charge in [-0.1, -0.05) is 11.6 Å². The summed E-state index contributed by atoms with van der Waals surface area (Å²) in [6, 6.07) is 4.20. The van der Waals surface area contributed by atoms with Crippen molar-refractivity contribution < 1.29 is 34.3 Å². The fraction of sp³-hybridized carbons (Fsp3) is 0.346. The molecule has 4 rings (SSSR count). The highest BCUT2D eigenvalue weighted by Gasteiger charge is 2.37. The van der Waals surface area contributed by atoms with Crippen molar-refractivity contribution in [2.24, 2.45) is 0 Å². The van der Waals surface area contributed by atoms with E-state index in [1.54, 1.807) is 19.9 Å². The molecule has 4 N–H and O–H groups in total. The third kappa shape index (κ3) is 3.94. The van der Waals surface area contributed by atoms with Gasteiger partial charge in [-0.2, -0.15) is 0 Å². The molecule has 0 amide bonds. The zero-order valence-electron chi connectivity index (χ0n) is 19.7. The van der Waals surface area contributed by atoms with E-state index in [1.807, 2.05) is 19.9 Å². The summed E-state index contributed by atoms with van der Waals surface area (Å²) >= 11 is 0. The van der Waals surface area contributed by atoms with Gasteiger partial charge in [-0.3, -0.25) is 4.79 Å². The number of fused-ring (bicyclic) bond motifs is 2. The van der Waals surface area contributed by atoms with Gasteiger partial charge in [-0.05, 0) is 46.2 Å². The number of hydrogen-bond donors (Lipinski definition) is 4. The molecule has 1 aromatic heterocycles. The standard InChI is InChI=1S/C26H28O8/c1-12(2)6-7-15-16(27)11-17(28)20-21(30)25(32-5)23(34-24(15)20)13-8-14-10-19(26(3,4)31)33-22(14)18(29)9-13/h6,8-9,11,19,27-29,31H,7,10H2,1-5H3. The molecule has 1 aliphatic heterocycles. The lowest BCUT2D eigenvalue weighted by molar-refractivity contribution is -0.0235. The summed E-state index contributed by atoms with van der Waals surface area (Å²) in [6.45, 7) is 7.06. The maximum absolute atomic E-state index is 13.3. The maximum Gasteiger partial charge on any atom is 0.239 e. The van der Waals surface area contributed by atoms with E-state index in [0.717, 1.165) is 11.6 Å². The molecule has 180 valence electrons. The number of aromatic hydroxyl groups is 3. The Morgan fingerprint density at radius 2 is 1.85 bits per heavy atom. The van der Waals surface area contributed by atoms with Crippen molar-refractivity contribution in [3.63, 3.8) is 0 Å². The number of rotatable bonds is 5. The molecular weight excluding hydrogens is 440 g/mol. The molecule has 1 aliphatic rings. The summed E-state index contributed by atoms with van der Waals surface area (Å²) in [7, 11) is 1.31. The average Bonchev–Trinajstić information content (AvgIpc) is 3.18. The summed E-state index contributed by atoms with van der Waals surface area (Å²) < 4.78 is 17.2. The van der Waals surface area contributed by atoms with Gasteiger partial charge in [0.05, 0.1) is 12.7 Å². The number of allylic oxidation sites excluding steroid dienone is 2. The molecule has 0 spiro atoms. The number of methoxy groups -OCH3 is 1. The lowest BCUT2D eigenvalue weighted by Gasteiger charge is -2.24. The minimum absolute atomic E-state index is 0.0291. The fourth-order valence-corrected chi connectivity index (χ4v) is 4.12. The van der Waals surface area contributed by atoms with Crippen LogP contribution in [0, 0.1) is 0 Å². The second-order valence-corrected chi connectivity index (χ2v) is 9.32. The molecule has 3 aromatic rings. The normalized spacial score (nSPS) is 15.2. The third-order valence-electron chi connectivity index (χ3n) is 5.96. The highest BCUT2D eigenvalue weighted by Crippen LogP contribution is 2.45. The Morgan fingerprint density at radius 1 is 1.15 bits per heavy atom. The van der Waals surface area contributed by atoms with Crippen LogP contribution in [-0.4, -0.2) is 39.2 Å².